The second kappa shape index (κ2) is 6.26. The van der Waals surface area contributed by atoms with Crippen LogP contribution in [0.4, 0.5) is 5.69 Å². The van der Waals surface area contributed by atoms with Crippen molar-refractivity contribution in [1.29, 1.82) is 0 Å². The van der Waals surface area contributed by atoms with Gasteiger partial charge in [0.1, 0.15) is 19.1 Å². The molecule has 1 aliphatic rings. The topological polar surface area (TPSA) is 46.8 Å². The van der Waals surface area contributed by atoms with Crippen LogP contribution in [0.25, 0.3) is 6.08 Å². The van der Waals surface area contributed by atoms with Gasteiger partial charge in [0.05, 0.1) is 11.6 Å². The van der Waals surface area contributed by atoms with Crippen molar-refractivity contribution in [3.8, 4) is 5.75 Å². The van der Waals surface area contributed by atoms with Gasteiger partial charge in [0.2, 0.25) is 0 Å². The zero-order valence-corrected chi connectivity index (χ0v) is 14.6. The van der Waals surface area contributed by atoms with E-state index in [1.54, 1.807) is 23.0 Å². The number of thiophene rings is 1. The molecule has 0 unspecified atom stereocenters. The Morgan fingerprint density at radius 1 is 1.25 bits per heavy atom. The highest BCUT2D eigenvalue weighted by Gasteiger charge is 2.16. The molecule has 0 radical (unpaired) electrons. The molecule has 0 amide bonds. The summed E-state index contributed by atoms with van der Waals surface area (Å²) in [7, 11) is 1.65. The molecule has 1 aliphatic heterocycles. The maximum absolute atomic E-state index is 12.7. The number of aromatic nitrogens is 1. The number of benzene rings is 1. The number of hydrogen-bond acceptors (Lipinski definition) is 6. The Bertz CT molecular complexity index is 1020. The predicted molar refractivity (Wildman–Crippen MR) is 97.6 cm³/mol. The van der Waals surface area contributed by atoms with Crippen molar-refractivity contribution in [1.82, 2.24) is 4.57 Å². The Morgan fingerprint density at radius 3 is 2.79 bits per heavy atom. The number of thiazole rings is 1. The van der Waals surface area contributed by atoms with E-state index in [1.165, 1.54) is 11.3 Å². The van der Waals surface area contributed by atoms with E-state index in [1.807, 2.05) is 47.9 Å². The van der Waals surface area contributed by atoms with Crippen molar-refractivity contribution in [2.75, 3.05) is 18.7 Å². The molecule has 0 saturated carbocycles. The molecule has 0 spiro atoms. The second-order valence-corrected chi connectivity index (χ2v) is 7.31. The summed E-state index contributed by atoms with van der Waals surface area (Å²) in [6.07, 6.45) is 1.94. The Morgan fingerprint density at radius 2 is 2.08 bits per heavy atom. The number of ether oxygens (including phenoxy) is 1. The summed E-state index contributed by atoms with van der Waals surface area (Å²) in [6, 6.07) is 11.8. The molecule has 5 nitrogen and oxygen atoms in total. The minimum absolute atomic E-state index is 0.0189. The molecule has 4 rings (SSSR count). The van der Waals surface area contributed by atoms with E-state index in [0.717, 1.165) is 25.6 Å². The van der Waals surface area contributed by atoms with Gasteiger partial charge in [-0.1, -0.05) is 17.4 Å². The van der Waals surface area contributed by atoms with Crippen LogP contribution in [-0.2, 0) is 6.67 Å². The highest BCUT2D eigenvalue weighted by molar-refractivity contribution is 7.11. The summed E-state index contributed by atoms with van der Waals surface area (Å²) in [5.74, 6) is 0.814. The van der Waals surface area contributed by atoms with Gasteiger partial charge in [-0.25, -0.2) is 4.99 Å². The van der Waals surface area contributed by atoms with Gasteiger partial charge in [0.25, 0.3) is 5.56 Å². The van der Waals surface area contributed by atoms with Crippen LogP contribution < -0.4 is 24.5 Å². The smallest absolute Gasteiger partial charge is 0.271 e. The van der Waals surface area contributed by atoms with Gasteiger partial charge >= 0.3 is 0 Å². The summed E-state index contributed by atoms with van der Waals surface area (Å²) in [5.41, 5.74) is 1.04. The molecule has 0 aliphatic carbocycles. The SMILES string of the molecule is COc1ccc(N2CN=c3sc(=Cc4cccs4)c(=O)n3C2)cc1. The first-order valence-electron chi connectivity index (χ1n) is 7.43. The number of methoxy groups -OCH3 is 1. The molecule has 0 N–H and O–H groups in total. The first kappa shape index (κ1) is 15.2. The van der Waals surface area contributed by atoms with Crippen LogP contribution in [0.2, 0.25) is 0 Å². The average Bonchev–Trinajstić information content (AvgIpc) is 3.24. The van der Waals surface area contributed by atoms with E-state index in [2.05, 4.69) is 9.89 Å². The lowest BCUT2D eigenvalue weighted by molar-refractivity contribution is 0.414. The van der Waals surface area contributed by atoms with Gasteiger partial charge in [-0.15, -0.1) is 11.3 Å². The fourth-order valence-electron chi connectivity index (χ4n) is 2.57. The Balaban J connectivity index is 1.68. The van der Waals surface area contributed by atoms with Crippen molar-refractivity contribution in [2.24, 2.45) is 4.99 Å². The first-order chi connectivity index (χ1) is 11.7. The Hall–Kier alpha value is -2.38. The fourth-order valence-corrected chi connectivity index (χ4v) is 4.26. The third kappa shape index (κ3) is 2.76. The normalized spacial score (nSPS) is 14.4. The standard InChI is InChI=1S/C17H15N3O2S2/c1-22-13-6-4-12(5-7-13)19-10-18-17-20(11-19)16(21)15(24-17)9-14-3-2-8-23-14/h2-9H,10-11H2,1H3. The maximum atomic E-state index is 12.7. The quantitative estimate of drug-likeness (QED) is 0.719. The highest BCUT2D eigenvalue weighted by Crippen LogP contribution is 2.20. The number of nitrogens with zero attached hydrogens (tertiary/aromatic N) is 3. The van der Waals surface area contributed by atoms with E-state index < -0.39 is 0 Å². The monoisotopic (exact) mass is 357 g/mol. The molecule has 2 aromatic heterocycles. The number of rotatable bonds is 3. The van der Waals surface area contributed by atoms with E-state index >= 15 is 0 Å². The second-order valence-electron chi connectivity index (χ2n) is 5.32. The largest absolute Gasteiger partial charge is 0.497 e. The highest BCUT2D eigenvalue weighted by atomic mass is 32.1. The molecular weight excluding hydrogens is 342 g/mol. The molecule has 0 atom stereocenters. The lowest BCUT2D eigenvalue weighted by Crippen LogP contribution is -2.42. The zero-order valence-electron chi connectivity index (χ0n) is 13.0. The molecule has 0 saturated heterocycles. The molecular formula is C17H15N3O2S2. The lowest BCUT2D eigenvalue weighted by atomic mass is 10.3. The predicted octanol–water partition coefficient (Wildman–Crippen LogP) is 1.86. The van der Waals surface area contributed by atoms with E-state index in [-0.39, 0.29) is 5.56 Å². The van der Waals surface area contributed by atoms with Crippen molar-refractivity contribution >= 4 is 34.4 Å². The lowest BCUT2D eigenvalue weighted by Gasteiger charge is -2.25. The Kier molecular flexibility index (Phi) is 3.95. The third-order valence-corrected chi connectivity index (χ3v) is 5.69. The zero-order chi connectivity index (χ0) is 16.5. The van der Waals surface area contributed by atoms with E-state index in [0.29, 0.717) is 13.3 Å². The average molecular weight is 357 g/mol. The van der Waals surface area contributed by atoms with Crippen molar-refractivity contribution in [2.45, 2.75) is 6.67 Å². The molecule has 0 fully saturated rings. The van der Waals surface area contributed by atoms with Crippen LogP contribution in [0, 0.1) is 0 Å². The summed E-state index contributed by atoms with van der Waals surface area (Å²) < 4.78 is 7.65. The summed E-state index contributed by atoms with van der Waals surface area (Å²) >= 11 is 3.08. The van der Waals surface area contributed by atoms with E-state index in [4.69, 9.17) is 4.74 Å². The molecule has 3 aromatic rings. The van der Waals surface area contributed by atoms with Crippen LogP contribution in [0.5, 0.6) is 5.75 Å². The minimum Gasteiger partial charge on any atom is -0.497 e. The summed E-state index contributed by atoms with van der Waals surface area (Å²) in [6.45, 7) is 1.06. The molecule has 122 valence electrons. The van der Waals surface area contributed by atoms with Crippen LogP contribution in [0.15, 0.2) is 51.6 Å². The van der Waals surface area contributed by atoms with Crippen LogP contribution in [0.1, 0.15) is 4.88 Å². The minimum atomic E-state index is 0.0189. The van der Waals surface area contributed by atoms with Gasteiger partial charge in [-0.2, -0.15) is 0 Å². The van der Waals surface area contributed by atoms with Gasteiger partial charge in [-0.3, -0.25) is 9.36 Å². The number of hydrogen-bond donors (Lipinski definition) is 0. The molecule has 0 bridgehead atoms. The van der Waals surface area contributed by atoms with Crippen molar-refractivity contribution in [3.05, 3.63) is 66.3 Å². The van der Waals surface area contributed by atoms with Crippen LogP contribution in [-0.4, -0.2) is 18.3 Å². The van der Waals surface area contributed by atoms with Crippen LogP contribution in [0.3, 0.4) is 0 Å². The van der Waals surface area contributed by atoms with Gasteiger partial charge < -0.3 is 9.64 Å². The number of fused-ring (bicyclic) bond motifs is 1. The molecule has 7 heteroatoms. The summed E-state index contributed by atoms with van der Waals surface area (Å²) in [5, 5.41) is 2.01. The van der Waals surface area contributed by atoms with Crippen LogP contribution >= 0.6 is 22.7 Å². The first-order valence-corrected chi connectivity index (χ1v) is 9.12. The van der Waals surface area contributed by atoms with Crippen molar-refractivity contribution < 1.29 is 4.74 Å². The summed E-state index contributed by atoms with van der Waals surface area (Å²) in [4.78, 5) is 21.2. The third-order valence-electron chi connectivity index (χ3n) is 3.83. The molecule has 1 aromatic carbocycles. The molecule has 24 heavy (non-hydrogen) atoms. The van der Waals surface area contributed by atoms with Gasteiger partial charge in [0.15, 0.2) is 4.80 Å². The fraction of sp³-hybridized carbons (Fsp3) is 0.176. The van der Waals surface area contributed by atoms with E-state index in [9.17, 15) is 4.79 Å². The number of anilines is 1. The van der Waals surface area contributed by atoms with Gasteiger partial charge in [0, 0.05) is 10.6 Å². The Labute approximate surface area is 146 Å². The van der Waals surface area contributed by atoms with Gasteiger partial charge in [-0.05, 0) is 41.8 Å². The van der Waals surface area contributed by atoms with Crippen molar-refractivity contribution in [3.63, 3.8) is 0 Å². The maximum Gasteiger partial charge on any atom is 0.271 e. The molecule has 3 heterocycles.